The molecule has 1 aromatic rings. The Morgan fingerprint density at radius 2 is 2.44 bits per heavy atom. The number of hydrogen-bond donors (Lipinski definition) is 2. The van der Waals surface area contributed by atoms with Gasteiger partial charge >= 0.3 is 0 Å². The average Bonchev–Trinajstić information content (AvgIpc) is 2.57. The van der Waals surface area contributed by atoms with Crippen LogP contribution in [0, 0.1) is 5.92 Å². The monoisotopic (exact) mass is 242 g/mol. The molecule has 0 saturated carbocycles. The van der Waals surface area contributed by atoms with Gasteiger partial charge in [-0.25, -0.2) is 0 Å². The van der Waals surface area contributed by atoms with Crippen LogP contribution in [0.2, 0.25) is 0 Å². The molecule has 1 atom stereocenters. The number of anilines is 1. The summed E-state index contributed by atoms with van der Waals surface area (Å²) in [6, 6.07) is 0. The first-order valence-electron chi connectivity index (χ1n) is 5.10. The minimum atomic E-state index is -0.154. The van der Waals surface area contributed by atoms with Crippen molar-refractivity contribution < 1.29 is 4.79 Å². The molecule has 16 heavy (non-hydrogen) atoms. The number of carbonyl (C=O) groups is 1. The maximum absolute atomic E-state index is 11.7. The van der Waals surface area contributed by atoms with Gasteiger partial charge in [0.25, 0.3) is 5.91 Å². The van der Waals surface area contributed by atoms with Gasteiger partial charge in [-0.3, -0.25) is 9.48 Å². The van der Waals surface area contributed by atoms with Gasteiger partial charge in [0.2, 0.25) is 0 Å². The predicted octanol–water partition coefficient (Wildman–Crippen LogP) is 0.731. The molecule has 0 aliphatic rings. The van der Waals surface area contributed by atoms with E-state index in [2.05, 4.69) is 23.6 Å². The number of carbonyl (C=O) groups excluding carboxylic acids is 1. The number of thioether (sulfide) groups is 1. The lowest BCUT2D eigenvalue weighted by molar-refractivity contribution is 0.0950. The molecule has 3 N–H and O–H groups in total. The van der Waals surface area contributed by atoms with Crippen molar-refractivity contribution in [3.63, 3.8) is 0 Å². The Kier molecular flexibility index (Phi) is 4.67. The summed E-state index contributed by atoms with van der Waals surface area (Å²) in [7, 11) is 1.71. The van der Waals surface area contributed by atoms with Crippen molar-refractivity contribution in [1.29, 1.82) is 0 Å². The van der Waals surface area contributed by atoms with Gasteiger partial charge < -0.3 is 11.1 Å². The van der Waals surface area contributed by atoms with Gasteiger partial charge in [-0.2, -0.15) is 16.9 Å². The van der Waals surface area contributed by atoms with E-state index >= 15 is 0 Å². The first kappa shape index (κ1) is 12.9. The Morgan fingerprint density at radius 3 is 2.94 bits per heavy atom. The third-order valence-electron chi connectivity index (χ3n) is 2.29. The van der Waals surface area contributed by atoms with Crippen molar-refractivity contribution >= 4 is 23.5 Å². The third kappa shape index (κ3) is 3.16. The van der Waals surface area contributed by atoms with Gasteiger partial charge in [0, 0.05) is 13.6 Å². The topological polar surface area (TPSA) is 72.9 Å². The highest BCUT2D eigenvalue weighted by Gasteiger charge is 2.13. The lowest BCUT2D eigenvalue weighted by Crippen LogP contribution is -2.29. The number of amides is 1. The predicted molar refractivity (Wildman–Crippen MR) is 67.5 cm³/mol. The van der Waals surface area contributed by atoms with Crippen LogP contribution in [-0.2, 0) is 7.05 Å². The minimum absolute atomic E-state index is 0.154. The van der Waals surface area contributed by atoms with Crippen molar-refractivity contribution in [2.45, 2.75) is 6.92 Å². The number of rotatable bonds is 5. The molecule has 1 aromatic heterocycles. The van der Waals surface area contributed by atoms with Crippen LogP contribution in [-0.4, -0.2) is 34.2 Å². The number of nitrogens with two attached hydrogens (primary N) is 1. The fraction of sp³-hybridized carbons (Fsp3) is 0.600. The Bertz CT molecular complexity index is 364. The molecule has 1 amide bonds. The second-order valence-corrected chi connectivity index (χ2v) is 4.75. The molecule has 90 valence electrons. The number of nitrogens with zero attached hydrogens (tertiary/aromatic N) is 2. The van der Waals surface area contributed by atoms with E-state index in [0.29, 0.717) is 23.8 Å². The van der Waals surface area contributed by atoms with E-state index < -0.39 is 0 Å². The van der Waals surface area contributed by atoms with E-state index in [0.717, 1.165) is 5.75 Å². The van der Waals surface area contributed by atoms with Crippen LogP contribution in [0.3, 0.4) is 0 Å². The van der Waals surface area contributed by atoms with E-state index in [4.69, 9.17) is 5.73 Å². The fourth-order valence-electron chi connectivity index (χ4n) is 1.33. The van der Waals surface area contributed by atoms with E-state index in [1.54, 1.807) is 18.8 Å². The zero-order chi connectivity index (χ0) is 12.1. The largest absolute Gasteiger partial charge is 0.383 e. The van der Waals surface area contributed by atoms with Gasteiger partial charge in [-0.1, -0.05) is 6.92 Å². The van der Waals surface area contributed by atoms with Gasteiger partial charge in [-0.05, 0) is 17.9 Å². The first-order chi connectivity index (χ1) is 7.56. The summed E-state index contributed by atoms with van der Waals surface area (Å²) in [5, 5.41) is 6.78. The van der Waals surface area contributed by atoms with Crippen molar-refractivity contribution in [2.24, 2.45) is 13.0 Å². The summed E-state index contributed by atoms with van der Waals surface area (Å²) in [4.78, 5) is 11.7. The molecule has 0 aliphatic carbocycles. The molecule has 1 rings (SSSR count). The number of nitrogens with one attached hydrogen (secondary N) is 1. The molecule has 0 aromatic carbocycles. The molecule has 0 fully saturated rings. The molecule has 0 spiro atoms. The van der Waals surface area contributed by atoms with Crippen molar-refractivity contribution in [3.05, 3.63) is 11.8 Å². The highest BCUT2D eigenvalue weighted by Crippen LogP contribution is 2.09. The van der Waals surface area contributed by atoms with Crippen LogP contribution < -0.4 is 11.1 Å². The maximum atomic E-state index is 11.7. The molecule has 0 bridgehead atoms. The summed E-state index contributed by atoms with van der Waals surface area (Å²) in [6.45, 7) is 2.76. The number of nitrogen functional groups attached to an aromatic ring is 1. The normalized spacial score (nSPS) is 12.4. The van der Waals surface area contributed by atoms with Crippen LogP contribution >= 0.6 is 11.8 Å². The summed E-state index contributed by atoms with van der Waals surface area (Å²) in [6.07, 6.45) is 3.54. The third-order valence-corrected chi connectivity index (χ3v) is 3.19. The molecule has 6 heteroatoms. The van der Waals surface area contributed by atoms with Gasteiger partial charge in [0.1, 0.15) is 11.4 Å². The van der Waals surface area contributed by atoms with E-state index in [1.807, 2.05) is 0 Å². The Labute approximate surface area is 99.8 Å². The molecule has 0 saturated heterocycles. The average molecular weight is 242 g/mol. The minimum Gasteiger partial charge on any atom is -0.383 e. The molecule has 1 heterocycles. The molecular weight excluding hydrogens is 224 g/mol. The van der Waals surface area contributed by atoms with Gasteiger partial charge in [-0.15, -0.1) is 0 Å². The highest BCUT2D eigenvalue weighted by molar-refractivity contribution is 7.98. The lowest BCUT2D eigenvalue weighted by atomic mass is 10.2. The zero-order valence-electron chi connectivity index (χ0n) is 9.86. The van der Waals surface area contributed by atoms with Crippen LogP contribution in [0.15, 0.2) is 6.20 Å². The van der Waals surface area contributed by atoms with Crippen molar-refractivity contribution in [2.75, 3.05) is 24.3 Å². The molecule has 0 radical (unpaired) electrons. The summed E-state index contributed by atoms with van der Waals surface area (Å²) >= 11 is 1.77. The van der Waals surface area contributed by atoms with Gasteiger partial charge in [0.05, 0.1) is 6.20 Å². The Hall–Kier alpha value is -1.17. The summed E-state index contributed by atoms with van der Waals surface area (Å²) in [5.41, 5.74) is 6.15. The van der Waals surface area contributed by atoms with Crippen LogP contribution in [0.4, 0.5) is 5.82 Å². The second-order valence-electron chi connectivity index (χ2n) is 3.84. The maximum Gasteiger partial charge on any atom is 0.256 e. The summed E-state index contributed by atoms with van der Waals surface area (Å²) < 4.78 is 1.49. The van der Waals surface area contributed by atoms with Crippen molar-refractivity contribution in [1.82, 2.24) is 15.1 Å². The number of aromatic nitrogens is 2. The van der Waals surface area contributed by atoms with Crippen LogP contribution in [0.1, 0.15) is 17.3 Å². The highest BCUT2D eigenvalue weighted by atomic mass is 32.2. The summed E-state index contributed by atoms with van der Waals surface area (Å²) in [5.74, 6) is 1.73. The molecule has 1 unspecified atom stereocenters. The second kappa shape index (κ2) is 5.79. The number of hydrogen-bond acceptors (Lipinski definition) is 4. The molecule has 0 aliphatic heterocycles. The van der Waals surface area contributed by atoms with Gasteiger partial charge in [0.15, 0.2) is 0 Å². The fourth-order valence-corrected chi connectivity index (χ4v) is 2.01. The lowest BCUT2D eigenvalue weighted by Gasteiger charge is -2.10. The van der Waals surface area contributed by atoms with E-state index in [-0.39, 0.29) is 5.91 Å². The van der Waals surface area contributed by atoms with Crippen LogP contribution in [0.5, 0.6) is 0 Å². The Balaban J connectivity index is 2.50. The number of aryl methyl sites for hydroxylation is 1. The SMILES string of the molecule is CSCC(C)CNC(=O)c1cnn(C)c1N. The van der Waals surface area contributed by atoms with Crippen molar-refractivity contribution in [3.8, 4) is 0 Å². The smallest absolute Gasteiger partial charge is 0.256 e. The first-order valence-corrected chi connectivity index (χ1v) is 6.50. The van der Waals surface area contributed by atoms with Crippen LogP contribution in [0.25, 0.3) is 0 Å². The zero-order valence-corrected chi connectivity index (χ0v) is 10.7. The standard InChI is InChI=1S/C10H18N4OS/c1-7(6-16-3)4-12-10(15)8-5-13-14(2)9(8)11/h5,7H,4,6,11H2,1-3H3,(H,12,15). The molecular formula is C10H18N4OS. The molecule has 5 nitrogen and oxygen atoms in total. The quantitative estimate of drug-likeness (QED) is 0.798. The van der Waals surface area contributed by atoms with E-state index in [1.165, 1.54) is 10.9 Å². The Morgan fingerprint density at radius 1 is 1.75 bits per heavy atom. The van der Waals surface area contributed by atoms with E-state index in [9.17, 15) is 4.79 Å².